The Morgan fingerprint density at radius 3 is 2.34 bits per heavy atom. The predicted octanol–water partition coefficient (Wildman–Crippen LogP) is 4.94. The Balaban J connectivity index is 1.76. The molecule has 1 saturated heterocycles. The van der Waals surface area contributed by atoms with Crippen molar-refractivity contribution in [3.63, 3.8) is 0 Å². The number of benzene rings is 2. The van der Waals surface area contributed by atoms with Gasteiger partial charge < -0.3 is 24.1 Å². The SMILES string of the molecule is COc1cc(C)cc(C=C(CNC(=O)OCc2ccccc2)B2OC(C)(C)C(C)(C)O2)c1. The van der Waals surface area contributed by atoms with Crippen LogP contribution in [0, 0.1) is 6.92 Å². The van der Waals surface area contributed by atoms with Gasteiger partial charge in [-0.1, -0.05) is 42.5 Å². The largest absolute Gasteiger partial charge is 0.497 e. The predicted molar refractivity (Wildman–Crippen MR) is 126 cm³/mol. The maximum atomic E-state index is 12.3. The molecule has 1 amide bonds. The van der Waals surface area contributed by atoms with E-state index in [4.69, 9.17) is 18.8 Å². The summed E-state index contributed by atoms with van der Waals surface area (Å²) in [5.41, 5.74) is 2.73. The number of methoxy groups -OCH3 is 1. The summed E-state index contributed by atoms with van der Waals surface area (Å²) in [7, 11) is 1.04. The Labute approximate surface area is 191 Å². The van der Waals surface area contributed by atoms with Crippen LogP contribution in [0.5, 0.6) is 5.75 Å². The zero-order valence-electron chi connectivity index (χ0n) is 19.7. The average Bonchev–Trinajstić information content (AvgIpc) is 2.96. The van der Waals surface area contributed by atoms with Gasteiger partial charge in [-0.3, -0.25) is 0 Å². The molecule has 6 nitrogen and oxygen atoms in total. The molecule has 1 fully saturated rings. The lowest BCUT2D eigenvalue weighted by atomic mass is 9.77. The van der Waals surface area contributed by atoms with E-state index in [1.807, 2.05) is 89.2 Å². The first-order valence-corrected chi connectivity index (χ1v) is 10.8. The van der Waals surface area contributed by atoms with Crippen LogP contribution >= 0.6 is 0 Å². The van der Waals surface area contributed by atoms with Crippen LogP contribution in [0.3, 0.4) is 0 Å². The van der Waals surface area contributed by atoms with Crippen molar-refractivity contribution in [2.24, 2.45) is 0 Å². The molecule has 1 N–H and O–H groups in total. The van der Waals surface area contributed by atoms with Gasteiger partial charge in [-0.05, 0) is 68.9 Å². The van der Waals surface area contributed by atoms with Gasteiger partial charge in [0.25, 0.3) is 0 Å². The standard InChI is InChI=1S/C25H32BNO5/c1-18-12-20(15-22(13-18)29-6)14-21(26-31-24(2,3)25(4,5)32-26)16-27-23(28)30-17-19-10-8-7-9-11-19/h7-15H,16-17H2,1-6H3,(H,27,28). The first-order chi connectivity index (χ1) is 15.1. The van der Waals surface area contributed by atoms with Gasteiger partial charge in [-0.2, -0.15) is 0 Å². The summed E-state index contributed by atoms with van der Waals surface area (Å²) < 4.78 is 23.2. The van der Waals surface area contributed by atoms with Crippen LogP contribution in [0.1, 0.15) is 44.4 Å². The topological polar surface area (TPSA) is 66.0 Å². The summed E-state index contributed by atoms with van der Waals surface area (Å²) in [6, 6.07) is 15.5. The third-order valence-electron chi connectivity index (χ3n) is 5.87. The van der Waals surface area contributed by atoms with Crippen molar-refractivity contribution < 1.29 is 23.6 Å². The summed E-state index contributed by atoms with van der Waals surface area (Å²) in [5, 5.41) is 2.83. The molecule has 0 saturated carbocycles. The number of carbonyl (C=O) groups is 1. The molecule has 2 aromatic carbocycles. The fourth-order valence-corrected chi connectivity index (χ4v) is 3.34. The van der Waals surface area contributed by atoms with Crippen molar-refractivity contribution in [1.29, 1.82) is 0 Å². The van der Waals surface area contributed by atoms with E-state index in [2.05, 4.69) is 5.32 Å². The van der Waals surface area contributed by atoms with Gasteiger partial charge in [0.2, 0.25) is 0 Å². The average molecular weight is 437 g/mol. The molecule has 0 radical (unpaired) electrons. The van der Waals surface area contributed by atoms with Crippen molar-refractivity contribution in [2.45, 2.75) is 52.4 Å². The van der Waals surface area contributed by atoms with Crippen molar-refractivity contribution in [3.05, 3.63) is 70.7 Å². The van der Waals surface area contributed by atoms with Gasteiger partial charge in [0, 0.05) is 6.54 Å². The third-order valence-corrected chi connectivity index (χ3v) is 5.87. The van der Waals surface area contributed by atoms with Crippen LogP contribution in [0.2, 0.25) is 0 Å². The molecule has 1 aliphatic heterocycles. The van der Waals surface area contributed by atoms with Crippen molar-refractivity contribution in [2.75, 3.05) is 13.7 Å². The fourth-order valence-electron chi connectivity index (χ4n) is 3.34. The number of hydrogen-bond donors (Lipinski definition) is 1. The molecule has 0 atom stereocenters. The molecule has 1 heterocycles. The summed E-state index contributed by atoms with van der Waals surface area (Å²) >= 11 is 0. The number of aryl methyl sites for hydroxylation is 1. The molecule has 0 unspecified atom stereocenters. The first kappa shape index (κ1) is 23.9. The highest BCUT2D eigenvalue weighted by atomic mass is 16.7. The number of amides is 1. The van der Waals surface area contributed by atoms with E-state index in [1.54, 1.807) is 7.11 Å². The van der Waals surface area contributed by atoms with E-state index in [1.165, 1.54) is 0 Å². The monoisotopic (exact) mass is 437 g/mol. The van der Waals surface area contributed by atoms with Crippen LogP contribution in [-0.2, 0) is 20.7 Å². The van der Waals surface area contributed by atoms with Crippen molar-refractivity contribution in [3.8, 4) is 5.75 Å². The van der Waals surface area contributed by atoms with Crippen LogP contribution in [0.4, 0.5) is 4.79 Å². The van der Waals surface area contributed by atoms with Gasteiger partial charge >= 0.3 is 13.2 Å². The molecule has 0 aliphatic carbocycles. The third kappa shape index (κ3) is 5.93. The molecular weight excluding hydrogens is 405 g/mol. The molecule has 0 bridgehead atoms. The molecule has 3 rings (SSSR count). The number of carbonyl (C=O) groups excluding carboxylic acids is 1. The highest BCUT2D eigenvalue weighted by Gasteiger charge is 2.52. The molecule has 0 spiro atoms. The quantitative estimate of drug-likeness (QED) is 0.622. The summed E-state index contributed by atoms with van der Waals surface area (Å²) in [5.74, 6) is 0.764. The minimum atomic E-state index is -0.596. The zero-order chi connectivity index (χ0) is 23.4. The number of rotatable bonds is 7. The lowest BCUT2D eigenvalue weighted by Crippen LogP contribution is -2.41. The molecule has 7 heteroatoms. The second-order valence-corrected chi connectivity index (χ2v) is 9.01. The van der Waals surface area contributed by atoms with Crippen LogP contribution in [0.25, 0.3) is 6.08 Å². The zero-order valence-corrected chi connectivity index (χ0v) is 19.7. The van der Waals surface area contributed by atoms with E-state index in [9.17, 15) is 4.79 Å². The Kier molecular flexibility index (Phi) is 7.31. The molecule has 0 aromatic heterocycles. The van der Waals surface area contributed by atoms with E-state index in [0.717, 1.165) is 27.9 Å². The van der Waals surface area contributed by atoms with Gasteiger partial charge in [0.15, 0.2) is 0 Å². The van der Waals surface area contributed by atoms with E-state index >= 15 is 0 Å². The van der Waals surface area contributed by atoms with Gasteiger partial charge in [0.1, 0.15) is 12.4 Å². The molecule has 32 heavy (non-hydrogen) atoms. The van der Waals surface area contributed by atoms with Crippen LogP contribution in [-0.4, -0.2) is 38.1 Å². The maximum Gasteiger partial charge on any atom is 0.492 e. The molecule has 170 valence electrons. The van der Waals surface area contributed by atoms with Crippen LogP contribution in [0.15, 0.2) is 54.0 Å². The van der Waals surface area contributed by atoms with Gasteiger partial charge in [-0.25, -0.2) is 4.79 Å². The van der Waals surface area contributed by atoms with E-state index in [-0.39, 0.29) is 13.2 Å². The van der Waals surface area contributed by atoms with E-state index < -0.39 is 24.4 Å². The van der Waals surface area contributed by atoms with Crippen molar-refractivity contribution >= 4 is 19.3 Å². The summed E-state index contributed by atoms with van der Waals surface area (Å²) in [6.07, 6.45) is 1.47. The Hall–Kier alpha value is -2.77. The number of ether oxygens (including phenoxy) is 2. The summed E-state index contributed by atoms with van der Waals surface area (Å²) in [6.45, 7) is 10.4. The second kappa shape index (κ2) is 9.80. The Morgan fingerprint density at radius 1 is 1.06 bits per heavy atom. The number of nitrogens with one attached hydrogen (secondary N) is 1. The summed E-state index contributed by atoms with van der Waals surface area (Å²) in [4.78, 5) is 12.3. The number of hydrogen-bond acceptors (Lipinski definition) is 5. The molecule has 1 aliphatic rings. The van der Waals surface area contributed by atoms with E-state index in [0.29, 0.717) is 0 Å². The molecular formula is C25H32BNO5. The minimum Gasteiger partial charge on any atom is -0.497 e. The van der Waals surface area contributed by atoms with Gasteiger partial charge in [0.05, 0.1) is 18.3 Å². The maximum absolute atomic E-state index is 12.3. The fraction of sp³-hybridized carbons (Fsp3) is 0.400. The number of alkyl carbamates (subject to hydrolysis) is 1. The smallest absolute Gasteiger partial charge is 0.492 e. The minimum absolute atomic E-state index is 0.206. The molecule has 2 aromatic rings. The highest BCUT2D eigenvalue weighted by molar-refractivity contribution is 6.56. The van der Waals surface area contributed by atoms with Gasteiger partial charge in [-0.15, -0.1) is 0 Å². The lowest BCUT2D eigenvalue weighted by Gasteiger charge is -2.32. The van der Waals surface area contributed by atoms with Crippen LogP contribution < -0.4 is 10.1 Å². The lowest BCUT2D eigenvalue weighted by molar-refractivity contribution is 0.00578. The highest BCUT2D eigenvalue weighted by Crippen LogP contribution is 2.38. The second-order valence-electron chi connectivity index (χ2n) is 9.01. The van der Waals surface area contributed by atoms with Crippen molar-refractivity contribution in [1.82, 2.24) is 5.32 Å². The first-order valence-electron chi connectivity index (χ1n) is 10.8. The Bertz CT molecular complexity index is 956. The Morgan fingerprint density at radius 2 is 1.72 bits per heavy atom. The normalized spacial score (nSPS) is 17.2.